The number of aromatic nitrogens is 2. The zero-order chi connectivity index (χ0) is 13.4. The Balaban J connectivity index is 2.26. The average Bonchev–Trinajstić information content (AvgIpc) is 2.76. The van der Waals surface area contributed by atoms with E-state index < -0.39 is 0 Å². The molecule has 96 valence electrons. The van der Waals surface area contributed by atoms with Crippen molar-refractivity contribution in [3.8, 4) is 17.1 Å². The SMILES string of the molecule is COc1ccc2nc(-c3ccccc3C)n(C)c2c1. The summed E-state index contributed by atoms with van der Waals surface area (Å²) in [6, 6.07) is 14.3. The van der Waals surface area contributed by atoms with Gasteiger partial charge in [0.05, 0.1) is 18.1 Å². The third kappa shape index (κ3) is 1.87. The molecule has 0 bridgehead atoms. The van der Waals surface area contributed by atoms with Gasteiger partial charge < -0.3 is 9.30 Å². The third-order valence-corrected chi connectivity index (χ3v) is 3.47. The molecule has 0 spiro atoms. The smallest absolute Gasteiger partial charge is 0.141 e. The van der Waals surface area contributed by atoms with E-state index in [2.05, 4.69) is 23.6 Å². The Kier molecular flexibility index (Phi) is 2.75. The van der Waals surface area contributed by atoms with Gasteiger partial charge in [0.15, 0.2) is 0 Å². The van der Waals surface area contributed by atoms with Crippen molar-refractivity contribution in [3.05, 3.63) is 48.0 Å². The molecule has 0 radical (unpaired) electrons. The van der Waals surface area contributed by atoms with E-state index in [1.807, 2.05) is 37.4 Å². The molecule has 0 saturated heterocycles. The lowest BCUT2D eigenvalue weighted by Gasteiger charge is -2.05. The molecule has 0 atom stereocenters. The van der Waals surface area contributed by atoms with Gasteiger partial charge in [-0.3, -0.25) is 0 Å². The first kappa shape index (κ1) is 11.8. The fourth-order valence-corrected chi connectivity index (χ4v) is 2.36. The summed E-state index contributed by atoms with van der Waals surface area (Å²) in [6.07, 6.45) is 0. The minimum atomic E-state index is 0.854. The van der Waals surface area contributed by atoms with Crippen LogP contribution >= 0.6 is 0 Å². The molecule has 0 amide bonds. The maximum atomic E-state index is 5.27. The van der Waals surface area contributed by atoms with E-state index in [1.54, 1.807) is 7.11 Å². The van der Waals surface area contributed by atoms with E-state index >= 15 is 0 Å². The molecule has 2 aromatic carbocycles. The maximum Gasteiger partial charge on any atom is 0.141 e. The normalized spacial score (nSPS) is 10.9. The Labute approximate surface area is 112 Å². The molecule has 0 saturated carbocycles. The predicted molar refractivity (Wildman–Crippen MR) is 77.4 cm³/mol. The van der Waals surface area contributed by atoms with E-state index in [4.69, 9.17) is 9.72 Å². The number of fused-ring (bicyclic) bond motifs is 1. The summed E-state index contributed by atoms with van der Waals surface area (Å²) < 4.78 is 7.39. The van der Waals surface area contributed by atoms with Crippen LogP contribution in [0.25, 0.3) is 22.4 Å². The summed E-state index contributed by atoms with van der Waals surface area (Å²) in [5.74, 6) is 1.84. The molecule has 0 aliphatic rings. The number of nitrogens with zero attached hydrogens (tertiary/aromatic N) is 2. The Bertz CT molecular complexity index is 744. The Morgan fingerprint density at radius 1 is 1.11 bits per heavy atom. The molecular formula is C16H16N2O. The number of hydrogen-bond acceptors (Lipinski definition) is 2. The van der Waals surface area contributed by atoms with Crippen LogP contribution in [-0.2, 0) is 7.05 Å². The highest BCUT2D eigenvalue weighted by molar-refractivity contribution is 5.82. The number of aryl methyl sites for hydroxylation is 2. The summed E-state index contributed by atoms with van der Waals surface area (Å²) >= 11 is 0. The maximum absolute atomic E-state index is 5.27. The fourth-order valence-electron chi connectivity index (χ4n) is 2.36. The summed E-state index contributed by atoms with van der Waals surface area (Å²) in [4.78, 5) is 4.73. The van der Waals surface area contributed by atoms with Crippen molar-refractivity contribution in [2.75, 3.05) is 7.11 Å². The molecule has 0 fully saturated rings. The first-order valence-electron chi connectivity index (χ1n) is 6.27. The first-order valence-corrected chi connectivity index (χ1v) is 6.27. The second-order valence-electron chi connectivity index (χ2n) is 4.66. The van der Waals surface area contributed by atoms with Crippen molar-refractivity contribution in [1.82, 2.24) is 9.55 Å². The summed E-state index contributed by atoms with van der Waals surface area (Å²) in [7, 11) is 3.72. The lowest BCUT2D eigenvalue weighted by Crippen LogP contribution is -1.94. The van der Waals surface area contributed by atoms with Crippen molar-refractivity contribution in [1.29, 1.82) is 0 Å². The van der Waals surface area contributed by atoms with Crippen molar-refractivity contribution in [3.63, 3.8) is 0 Å². The van der Waals surface area contributed by atoms with Gasteiger partial charge in [0.1, 0.15) is 11.6 Å². The van der Waals surface area contributed by atoms with E-state index in [0.717, 1.165) is 22.6 Å². The number of benzene rings is 2. The van der Waals surface area contributed by atoms with Crippen molar-refractivity contribution in [2.45, 2.75) is 6.92 Å². The average molecular weight is 252 g/mol. The number of rotatable bonds is 2. The van der Waals surface area contributed by atoms with Crippen LogP contribution in [0.3, 0.4) is 0 Å². The first-order chi connectivity index (χ1) is 9.20. The van der Waals surface area contributed by atoms with Gasteiger partial charge in [-0.2, -0.15) is 0 Å². The van der Waals surface area contributed by atoms with Crippen LogP contribution in [0.2, 0.25) is 0 Å². The summed E-state index contributed by atoms with van der Waals surface area (Å²) in [5, 5.41) is 0. The Hall–Kier alpha value is -2.29. The lowest BCUT2D eigenvalue weighted by molar-refractivity contribution is 0.415. The number of imidazole rings is 1. The van der Waals surface area contributed by atoms with E-state index in [0.29, 0.717) is 0 Å². The van der Waals surface area contributed by atoms with Crippen LogP contribution in [0, 0.1) is 6.92 Å². The van der Waals surface area contributed by atoms with Crippen LogP contribution in [-0.4, -0.2) is 16.7 Å². The van der Waals surface area contributed by atoms with Gasteiger partial charge in [0, 0.05) is 18.7 Å². The van der Waals surface area contributed by atoms with Gasteiger partial charge in [0.25, 0.3) is 0 Å². The van der Waals surface area contributed by atoms with Gasteiger partial charge in [-0.25, -0.2) is 4.98 Å². The number of hydrogen-bond donors (Lipinski definition) is 0. The molecule has 3 aromatic rings. The third-order valence-electron chi connectivity index (χ3n) is 3.47. The topological polar surface area (TPSA) is 27.1 Å². The second kappa shape index (κ2) is 4.43. The molecule has 0 unspecified atom stereocenters. The molecule has 1 aromatic heterocycles. The fraction of sp³-hybridized carbons (Fsp3) is 0.188. The zero-order valence-corrected chi connectivity index (χ0v) is 11.3. The van der Waals surface area contributed by atoms with Crippen molar-refractivity contribution >= 4 is 11.0 Å². The molecule has 3 rings (SSSR count). The van der Waals surface area contributed by atoms with Crippen LogP contribution in [0.4, 0.5) is 0 Å². The Morgan fingerprint density at radius 3 is 2.63 bits per heavy atom. The number of methoxy groups -OCH3 is 1. The van der Waals surface area contributed by atoms with E-state index in [-0.39, 0.29) is 0 Å². The summed E-state index contributed by atoms with van der Waals surface area (Å²) in [6.45, 7) is 2.11. The highest BCUT2D eigenvalue weighted by Crippen LogP contribution is 2.28. The van der Waals surface area contributed by atoms with Gasteiger partial charge in [-0.1, -0.05) is 24.3 Å². The summed E-state index contributed by atoms with van der Waals surface area (Å²) in [5.41, 5.74) is 4.46. The minimum Gasteiger partial charge on any atom is -0.497 e. The molecule has 0 N–H and O–H groups in total. The highest BCUT2D eigenvalue weighted by atomic mass is 16.5. The predicted octanol–water partition coefficient (Wildman–Crippen LogP) is 3.56. The quantitative estimate of drug-likeness (QED) is 0.697. The largest absolute Gasteiger partial charge is 0.497 e. The van der Waals surface area contributed by atoms with Gasteiger partial charge >= 0.3 is 0 Å². The van der Waals surface area contributed by atoms with Gasteiger partial charge in [0.2, 0.25) is 0 Å². The molecule has 0 aliphatic heterocycles. The van der Waals surface area contributed by atoms with Crippen molar-refractivity contribution < 1.29 is 4.74 Å². The highest BCUT2D eigenvalue weighted by Gasteiger charge is 2.11. The Morgan fingerprint density at radius 2 is 1.89 bits per heavy atom. The van der Waals surface area contributed by atoms with Crippen LogP contribution in [0.1, 0.15) is 5.56 Å². The molecule has 3 heteroatoms. The van der Waals surface area contributed by atoms with Crippen molar-refractivity contribution in [2.24, 2.45) is 7.05 Å². The zero-order valence-electron chi connectivity index (χ0n) is 11.3. The van der Waals surface area contributed by atoms with Gasteiger partial charge in [-0.05, 0) is 24.6 Å². The van der Waals surface area contributed by atoms with Crippen LogP contribution in [0.5, 0.6) is 5.75 Å². The molecule has 3 nitrogen and oxygen atoms in total. The number of ether oxygens (including phenoxy) is 1. The molecular weight excluding hydrogens is 236 g/mol. The van der Waals surface area contributed by atoms with Crippen LogP contribution < -0.4 is 4.74 Å². The molecule has 1 heterocycles. The second-order valence-corrected chi connectivity index (χ2v) is 4.66. The monoisotopic (exact) mass is 252 g/mol. The molecule has 19 heavy (non-hydrogen) atoms. The lowest BCUT2D eigenvalue weighted by atomic mass is 10.1. The van der Waals surface area contributed by atoms with Crippen LogP contribution in [0.15, 0.2) is 42.5 Å². The molecule has 0 aliphatic carbocycles. The van der Waals surface area contributed by atoms with E-state index in [9.17, 15) is 0 Å². The minimum absolute atomic E-state index is 0.854. The van der Waals surface area contributed by atoms with Gasteiger partial charge in [-0.15, -0.1) is 0 Å². The standard InChI is InChI=1S/C16H16N2O/c1-11-6-4-5-7-13(11)16-17-14-9-8-12(19-3)10-15(14)18(16)2/h4-10H,1-3H3. The van der Waals surface area contributed by atoms with E-state index in [1.165, 1.54) is 11.1 Å².